The van der Waals surface area contributed by atoms with Crippen molar-refractivity contribution in [2.45, 2.75) is 95.4 Å². The maximum atomic E-state index is 13.1. The Kier molecular flexibility index (Phi) is 8.57. The molecule has 190 valence electrons. The third kappa shape index (κ3) is 6.48. The van der Waals surface area contributed by atoms with Crippen molar-refractivity contribution in [2.75, 3.05) is 0 Å². The van der Waals surface area contributed by atoms with E-state index in [-0.39, 0.29) is 24.9 Å². The van der Waals surface area contributed by atoms with Gasteiger partial charge < -0.3 is 9.47 Å². The average molecular weight is 491 g/mol. The van der Waals surface area contributed by atoms with Gasteiger partial charge in [-0.3, -0.25) is 0 Å². The summed E-state index contributed by atoms with van der Waals surface area (Å²) < 4.78 is 73.3. The summed E-state index contributed by atoms with van der Waals surface area (Å²) in [5.74, 6) is -7.68. The van der Waals surface area contributed by atoms with Crippen LogP contribution < -0.4 is 0 Å². The van der Waals surface area contributed by atoms with Gasteiger partial charge in [-0.15, -0.1) is 0 Å². The molecule has 0 heterocycles. The fraction of sp³-hybridized carbons (Fsp3) is 0.680. The lowest BCUT2D eigenvalue weighted by Gasteiger charge is -2.37. The molecule has 0 amide bonds. The Morgan fingerprint density at radius 1 is 0.794 bits per heavy atom. The molecule has 34 heavy (non-hydrogen) atoms. The highest BCUT2D eigenvalue weighted by Gasteiger charge is 2.65. The summed E-state index contributed by atoms with van der Waals surface area (Å²) in [5.41, 5.74) is 1.71. The van der Waals surface area contributed by atoms with E-state index in [4.69, 9.17) is 4.74 Å². The summed E-state index contributed by atoms with van der Waals surface area (Å²) in [6, 6.07) is 7.45. The third-order valence-corrected chi connectivity index (χ3v) is 6.99. The molecule has 0 aliphatic heterocycles. The van der Waals surface area contributed by atoms with E-state index in [1.165, 1.54) is 5.56 Å². The smallest absolute Gasteiger partial charge is 0.459 e. The normalized spacial score (nSPS) is 26.1. The minimum absolute atomic E-state index is 0.152. The maximum Gasteiger partial charge on any atom is 0.465 e. The van der Waals surface area contributed by atoms with Gasteiger partial charge in [0.15, 0.2) is 0 Å². The first-order valence-electron chi connectivity index (χ1n) is 12.0. The Hall–Kier alpha value is -2.19. The van der Waals surface area contributed by atoms with Crippen LogP contribution in [0.3, 0.4) is 0 Å². The number of esters is 2. The molecular formula is C25H31F5O4. The van der Waals surface area contributed by atoms with Gasteiger partial charge in [0, 0.05) is 0 Å². The van der Waals surface area contributed by atoms with Crippen molar-refractivity contribution < 1.29 is 41.0 Å². The number of hydrogen-bond donors (Lipinski definition) is 0. The highest BCUT2D eigenvalue weighted by atomic mass is 19.4. The molecule has 9 heteroatoms. The van der Waals surface area contributed by atoms with E-state index < -0.39 is 24.2 Å². The summed E-state index contributed by atoms with van der Waals surface area (Å²) in [7, 11) is 0. The molecule has 2 saturated carbocycles. The molecule has 0 aromatic heterocycles. The first-order valence-corrected chi connectivity index (χ1v) is 12.0. The van der Waals surface area contributed by atoms with Crippen LogP contribution in [-0.2, 0) is 20.7 Å². The van der Waals surface area contributed by atoms with Crippen molar-refractivity contribution in [2.24, 2.45) is 11.8 Å². The van der Waals surface area contributed by atoms with Crippen LogP contribution in [0.2, 0.25) is 0 Å². The third-order valence-electron chi connectivity index (χ3n) is 6.99. The predicted molar refractivity (Wildman–Crippen MR) is 114 cm³/mol. The zero-order valence-corrected chi connectivity index (χ0v) is 19.2. The van der Waals surface area contributed by atoms with Gasteiger partial charge in [-0.25, -0.2) is 9.59 Å². The van der Waals surface area contributed by atoms with Gasteiger partial charge in [0.05, 0.1) is 5.56 Å². The van der Waals surface area contributed by atoms with Crippen LogP contribution in [0.5, 0.6) is 0 Å². The minimum Gasteiger partial charge on any atom is -0.459 e. The average Bonchev–Trinajstić information content (AvgIpc) is 2.80. The predicted octanol–water partition coefficient (Wildman–Crippen LogP) is 6.65. The fourth-order valence-electron chi connectivity index (χ4n) is 5.01. The Balaban J connectivity index is 1.40. The molecule has 4 nitrogen and oxygen atoms in total. The molecule has 0 bridgehead atoms. The van der Waals surface area contributed by atoms with E-state index in [0.717, 1.165) is 38.5 Å². The topological polar surface area (TPSA) is 52.6 Å². The van der Waals surface area contributed by atoms with Gasteiger partial charge in [0.1, 0.15) is 12.2 Å². The highest BCUT2D eigenvalue weighted by molar-refractivity contribution is 5.89. The molecule has 0 saturated heterocycles. The van der Waals surface area contributed by atoms with Crippen molar-refractivity contribution in [3.8, 4) is 0 Å². The molecule has 0 radical (unpaired) electrons. The zero-order chi connectivity index (χ0) is 24.9. The van der Waals surface area contributed by atoms with E-state index in [2.05, 4.69) is 11.7 Å². The van der Waals surface area contributed by atoms with E-state index in [1.54, 1.807) is 12.1 Å². The number of ether oxygens (including phenoxy) is 2. The Morgan fingerprint density at radius 2 is 1.26 bits per heavy atom. The van der Waals surface area contributed by atoms with Crippen LogP contribution >= 0.6 is 0 Å². The van der Waals surface area contributed by atoms with Crippen LogP contribution in [-0.4, -0.2) is 36.2 Å². The van der Waals surface area contributed by atoms with Gasteiger partial charge in [-0.2, -0.15) is 22.0 Å². The number of rotatable bonds is 7. The number of carbonyl (C=O) groups excluding carboxylic acids is 2. The van der Waals surface area contributed by atoms with Gasteiger partial charge >= 0.3 is 24.0 Å². The summed E-state index contributed by atoms with van der Waals surface area (Å²) in [5, 5.41) is 0. The van der Waals surface area contributed by atoms with Gasteiger partial charge in [0.25, 0.3) is 0 Å². The van der Waals surface area contributed by atoms with Crippen LogP contribution in [0.15, 0.2) is 24.3 Å². The quantitative estimate of drug-likeness (QED) is 0.317. The lowest BCUT2D eigenvalue weighted by Crippen LogP contribution is -2.46. The van der Waals surface area contributed by atoms with E-state index in [9.17, 15) is 31.5 Å². The minimum atomic E-state index is -5.96. The molecule has 1 aromatic carbocycles. The summed E-state index contributed by atoms with van der Waals surface area (Å²) in [6.07, 6.45) is -0.0973. The fourth-order valence-corrected chi connectivity index (χ4v) is 5.01. The highest BCUT2D eigenvalue weighted by Crippen LogP contribution is 2.41. The Bertz CT molecular complexity index is 821. The molecule has 0 atom stereocenters. The molecule has 1 aromatic rings. The van der Waals surface area contributed by atoms with Crippen LogP contribution in [0.4, 0.5) is 22.0 Å². The molecule has 3 rings (SSSR count). The van der Waals surface area contributed by atoms with Crippen LogP contribution in [0.25, 0.3) is 0 Å². The number of carbonyl (C=O) groups is 2. The van der Waals surface area contributed by atoms with Crippen molar-refractivity contribution in [3.63, 3.8) is 0 Å². The number of halogens is 5. The lowest BCUT2D eigenvalue weighted by atomic mass is 9.72. The molecular weight excluding hydrogens is 459 g/mol. The van der Waals surface area contributed by atoms with Crippen molar-refractivity contribution in [3.05, 3.63) is 35.4 Å². The Labute approximate surface area is 196 Å². The van der Waals surface area contributed by atoms with Crippen molar-refractivity contribution in [1.29, 1.82) is 0 Å². The van der Waals surface area contributed by atoms with Gasteiger partial charge in [0.2, 0.25) is 0 Å². The van der Waals surface area contributed by atoms with Crippen molar-refractivity contribution >= 4 is 11.9 Å². The number of aryl methyl sites for hydroxylation is 1. The monoisotopic (exact) mass is 490 g/mol. The van der Waals surface area contributed by atoms with Gasteiger partial charge in [-0.05, 0) is 87.3 Å². The molecule has 2 aliphatic carbocycles. The maximum absolute atomic E-state index is 13.1. The van der Waals surface area contributed by atoms with E-state index in [0.29, 0.717) is 30.2 Å². The van der Waals surface area contributed by atoms with Crippen molar-refractivity contribution in [1.82, 2.24) is 0 Å². The summed E-state index contributed by atoms with van der Waals surface area (Å²) in [4.78, 5) is 23.7. The Morgan fingerprint density at radius 3 is 1.71 bits per heavy atom. The molecule has 0 unspecified atom stereocenters. The van der Waals surface area contributed by atoms with E-state index >= 15 is 0 Å². The molecule has 2 aliphatic rings. The molecule has 0 N–H and O–H groups in total. The number of hydrogen-bond acceptors (Lipinski definition) is 4. The lowest BCUT2D eigenvalue weighted by molar-refractivity contribution is -0.282. The first kappa shape index (κ1) is 26.4. The molecule has 2 fully saturated rings. The first-order chi connectivity index (χ1) is 16.0. The summed E-state index contributed by atoms with van der Waals surface area (Å²) in [6.45, 7) is 2.10. The molecule has 0 spiro atoms. The number of alkyl halides is 5. The van der Waals surface area contributed by atoms with E-state index in [1.807, 2.05) is 12.1 Å². The second kappa shape index (κ2) is 11.0. The standard InChI is InChI=1S/C25H31F5O4/c1-2-3-16-4-6-19(7-5-16)22(31)33-20-12-8-17(9-13-20)18-10-14-21(15-11-18)34-23(32)24(26,27)25(28,29)30/h4-7,17-18,20-21H,2-3,8-15H2,1H3. The zero-order valence-electron chi connectivity index (χ0n) is 19.2. The largest absolute Gasteiger partial charge is 0.465 e. The number of benzene rings is 1. The van der Waals surface area contributed by atoms with Gasteiger partial charge in [-0.1, -0.05) is 25.5 Å². The second-order valence-corrected chi connectivity index (χ2v) is 9.40. The summed E-state index contributed by atoms with van der Waals surface area (Å²) >= 11 is 0. The van der Waals surface area contributed by atoms with Crippen LogP contribution in [0.1, 0.15) is 80.6 Å². The SMILES string of the molecule is CCCc1ccc(C(=O)OC2CCC(C3CCC(OC(=O)C(F)(F)C(F)(F)F)CC3)CC2)cc1. The second-order valence-electron chi connectivity index (χ2n) is 9.40. The van der Waals surface area contributed by atoms with Crippen LogP contribution in [0, 0.1) is 11.8 Å².